The van der Waals surface area contributed by atoms with Gasteiger partial charge in [-0.05, 0) is 39.1 Å². The highest BCUT2D eigenvalue weighted by Gasteiger charge is 2.34. The molecule has 0 unspecified atom stereocenters. The number of benzene rings is 1. The fourth-order valence-electron chi connectivity index (χ4n) is 3.64. The molecule has 2 heterocycles. The number of amides is 1. The first-order valence-corrected chi connectivity index (χ1v) is 11.7. The normalized spacial score (nSPS) is 19.8. The van der Waals surface area contributed by atoms with Crippen molar-refractivity contribution in [2.24, 2.45) is 0 Å². The summed E-state index contributed by atoms with van der Waals surface area (Å²) in [6.45, 7) is 7.63. The van der Waals surface area contributed by atoms with Crippen molar-refractivity contribution in [2.75, 3.05) is 66.5 Å². The molecule has 10 heteroatoms. The highest BCUT2D eigenvalue weighted by Crippen LogP contribution is 2.29. The predicted molar refractivity (Wildman–Crippen MR) is 114 cm³/mol. The highest BCUT2D eigenvalue weighted by atomic mass is 32.2. The van der Waals surface area contributed by atoms with Crippen LogP contribution in [-0.2, 0) is 10.2 Å². The molecule has 2 aliphatic heterocycles. The maximum absolute atomic E-state index is 12.9. The Bertz CT molecular complexity index is 845. The number of carbonyl (C=O) groups excluding carboxylic acids is 1. The van der Waals surface area contributed by atoms with Crippen LogP contribution < -0.4 is 9.47 Å². The third kappa shape index (κ3) is 5.05. The zero-order valence-corrected chi connectivity index (χ0v) is 19.0. The fourth-order valence-corrected chi connectivity index (χ4v) is 5.21. The van der Waals surface area contributed by atoms with Gasteiger partial charge in [-0.2, -0.15) is 17.0 Å². The topological polar surface area (TPSA) is 82.6 Å². The lowest BCUT2D eigenvalue weighted by Crippen LogP contribution is -2.57. The van der Waals surface area contributed by atoms with Crippen molar-refractivity contribution in [2.45, 2.75) is 20.0 Å². The molecule has 1 aromatic carbocycles. The molecule has 0 bridgehead atoms. The van der Waals surface area contributed by atoms with E-state index >= 15 is 0 Å². The van der Waals surface area contributed by atoms with Crippen LogP contribution in [0, 0.1) is 0 Å². The van der Waals surface area contributed by atoms with E-state index in [2.05, 4.69) is 4.90 Å². The Morgan fingerprint density at radius 1 is 0.933 bits per heavy atom. The molecule has 168 valence electrons. The standard InChI is InChI=1S/C20H32N4O5S/c1-16(2)29-18-6-5-17(15-19(18)28-4)20(25)22-9-13-24(14-10-22)30(26,27)23-11-7-21(3)8-12-23/h5-6,15-16H,7-14H2,1-4H3. The van der Waals surface area contributed by atoms with E-state index in [0.29, 0.717) is 56.3 Å². The number of methoxy groups -OCH3 is 1. The molecule has 0 spiro atoms. The van der Waals surface area contributed by atoms with E-state index < -0.39 is 10.2 Å². The van der Waals surface area contributed by atoms with Crippen molar-refractivity contribution < 1.29 is 22.7 Å². The molecule has 30 heavy (non-hydrogen) atoms. The second-order valence-corrected chi connectivity index (χ2v) is 9.86. The average molecular weight is 441 g/mol. The number of carbonyl (C=O) groups is 1. The summed E-state index contributed by atoms with van der Waals surface area (Å²) in [5.41, 5.74) is 0.498. The molecule has 0 aliphatic carbocycles. The van der Waals surface area contributed by atoms with Gasteiger partial charge in [0.15, 0.2) is 11.5 Å². The van der Waals surface area contributed by atoms with Crippen LogP contribution in [0.1, 0.15) is 24.2 Å². The molecule has 1 amide bonds. The molecule has 2 fully saturated rings. The number of hydrogen-bond acceptors (Lipinski definition) is 6. The molecule has 0 atom stereocenters. The van der Waals surface area contributed by atoms with E-state index in [1.54, 1.807) is 34.5 Å². The van der Waals surface area contributed by atoms with Gasteiger partial charge in [0.05, 0.1) is 13.2 Å². The zero-order valence-electron chi connectivity index (χ0n) is 18.2. The second kappa shape index (κ2) is 9.51. The van der Waals surface area contributed by atoms with Gasteiger partial charge in [-0.15, -0.1) is 0 Å². The molecule has 9 nitrogen and oxygen atoms in total. The van der Waals surface area contributed by atoms with Crippen LogP contribution >= 0.6 is 0 Å². The van der Waals surface area contributed by atoms with Crippen LogP contribution in [0.25, 0.3) is 0 Å². The summed E-state index contributed by atoms with van der Waals surface area (Å²) >= 11 is 0. The van der Waals surface area contributed by atoms with Gasteiger partial charge in [-0.1, -0.05) is 0 Å². The lowest BCUT2D eigenvalue weighted by atomic mass is 10.1. The van der Waals surface area contributed by atoms with E-state index in [9.17, 15) is 13.2 Å². The molecule has 1 aromatic rings. The molecular formula is C20H32N4O5S. The van der Waals surface area contributed by atoms with Gasteiger partial charge in [0.2, 0.25) is 0 Å². The van der Waals surface area contributed by atoms with Gasteiger partial charge in [-0.25, -0.2) is 0 Å². The van der Waals surface area contributed by atoms with Crippen LogP contribution in [0.2, 0.25) is 0 Å². The van der Waals surface area contributed by atoms with Crippen molar-refractivity contribution >= 4 is 16.1 Å². The molecule has 2 saturated heterocycles. The average Bonchev–Trinajstić information content (AvgIpc) is 2.73. The van der Waals surface area contributed by atoms with E-state index in [-0.39, 0.29) is 12.0 Å². The van der Waals surface area contributed by atoms with Gasteiger partial charge >= 0.3 is 0 Å². The number of hydrogen-bond donors (Lipinski definition) is 0. The molecule has 0 N–H and O–H groups in total. The summed E-state index contributed by atoms with van der Waals surface area (Å²) in [5.74, 6) is 0.957. The zero-order chi connectivity index (χ0) is 21.9. The van der Waals surface area contributed by atoms with Gasteiger partial charge < -0.3 is 19.3 Å². The van der Waals surface area contributed by atoms with Gasteiger partial charge in [0.1, 0.15) is 0 Å². The van der Waals surface area contributed by atoms with Crippen LogP contribution in [0.15, 0.2) is 18.2 Å². The van der Waals surface area contributed by atoms with Crippen molar-refractivity contribution in [3.8, 4) is 11.5 Å². The van der Waals surface area contributed by atoms with E-state index in [0.717, 1.165) is 13.1 Å². The summed E-state index contributed by atoms with van der Waals surface area (Å²) in [4.78, 5) is 16.7. The van der Waals surface area contributed by atoms with E-state index in [1.165, 1.54) is 4.31 Å². The SMILES string of the molecule is COc1cc(C(=O)N2CCN(S(=O)(=O)N3CCN(C)CC3)CC2)ccc1OC(C)C. The van der Waals surface area contributed by atoms with Crippen molar-refractivity contribution in [1.82, 2.24) is 18.4 Å². The summed E-state index contributed by atoms with van der Waals surface area (Å²) in [7, 11) is 0.0467. The van der Waals surface area contributed by atoms with Crippen molar-refractivity contribution in [3.05, 3.63) is 23.8 Å². The summed E-state index contributed by atoms with van der Waals surface area (Å²) < 4.78 is 39.9. The Hall–Kier alpha value is -1.88. The smallest absolute Gasteiger partial charge is 0.282 e. The Balaban J connectivity index is 1.62. The summed E-state index contributed by atoms with van der Waals surface area (Å²) in [6.07, 6.45) is -0.00391. The van der Waals surface area contributed by atoms with Gasteiger partial charge in [0, 0.05) is 57.9 Å². The number of rotatable bonds is 6. The predicted octanol–water partition coefficient (Wildman–Crippen LogP) is 0.732. The second-order valence-electron chi connectivity index (χ2n) is 7.93. The molecular weight excluding hydrogens is 408 g/mol. The van der Waals surface area contributed by atoms with E-state index in [4.69, 9.17) is 9.47 Å². The highest BCUT2D eigenvalue weighted by molar-refractivity contribution is 7.86. The maximum Gasteiger partial charge on any atom is 0.282 e. The Morgan fingerprint density at radius 3 is 2.03 bits per heavy atom. The largest absolute Gasteiger partial charge is 0.493 e. The molecule has 0 radical (unpaired) electrons. The molecule has 0 aromatic heterocycles. The fraction of sp³-hybridized carbons (Fsp3) is 0.650. The first-order valence-electron chi connectivity index (χ1n) is 10.3. The van der Waals surface area contributed by atoms with E-state index in [1.807, 2.05) is 20.9 Å². The number of nitrogens with zero attached hydrogens (tertiary/aromatic N) is 4. The number of piperazine rings is 2. The number of ether oxygens (including phenoxy) is 2. The third-order valence-corrected chi connectivity index (χ3v) is 7.45. The minimum Gasteiger partial charge on any atom is -0.493 e. The maximum atomic E-state index is 12.9. The lowest BCUT2D eigenvalue weighted by molar-refractivity contribution is 0.0691. The monoisotopic (exact) mass is 440 g/mol. The van der Waals surface area contributed by atoms with Gasteiger partial charge in [0.25, 0.3) is 16.1 Å². The minimum atomic E-state index is -3.48. The Morgan fingerprint density at radius 2 is 1.50 bits per heavy atom. The quantitative estimate of drug-likeness (QED) is 0.649. The Kier molecular flexibility index (Phi) is 7.22. The first kappa shape index (κ1) is 22.8. The van der Waals surface area contributed by atoms with Crippen molar-refractivity contribution in [3.63, 3.8) is 0 Å². The lowest BCUT2D eigenvalue weighted by Gasteiger charge is -2.39. The van der Waals surface area contributed by atoms with Crippen LogP contribution in [0.4, 0.5) is 0 Å². The summed E-state index contributed by atoms with van der Waals surface area (Å²) in [6, 6.07) is 5.13. The van der Waals surface area contributed by atoms with Crippen LogP contribution in [0.3, 0.4) is 0 Å². The molecule has 2 aliphatic rings. The summed E-state index contributed by atoms with van der Waals surface area (Å²) in [5, 5.41) is 0. The third-order valence-electron chi connectivity index (χ3n) is 5.41. The molecule has 3 rings (SSSR count). The van der Waals surface area contributed by atoms with Crippen LogP contribution in [-0.4, -0.2) is 105 Å². The first-order chi connectivity index (χ1) is 14.2. The van der Waals surface area contributed by atoms with Gasteiger partial charge in [-0.3, -0.25) is 4.79 Å². The van der Waals surface area contributed by atoms with Crippen molar-refractivity contribution in [1.29, 1.82) is 0 Å². The molecule has 0 saturated carbocycles. The van der Waals surface area contributed by atoms with Crippen LogP contribution in [0.5, 0.6) is 11.5 Å². The number of likely N-dealkylation sites (N-methyl/N-ethyl adjacent to an activating group) is 1. The minimum absolute atomic E-state index is 0.00391. The Labute approximate surface area is 179 Å².